The average molecular weight is 444 g/mol. The second-order valence-corrected chi connectivity index (χ2v) is 0.671. The van der Waals surface area contributed by atoms with Crippen LogP contribution in [0.4, 0.5) is 0 Å². The van der Waals surface area contributed by atoms with Crippen molar-refractivity contribution >= 4 is 0 Å². The molecule has 0 saturated heterocycles. The second kappa shape index (κ2) is 69.4. The van der Waals surface area contributed by atoms with Crippen LogP contribution in [0.3, 0.4) is 0 Å². The maximum absolute atomic E-state index is 8.25. The Labute approximate surface area is 134 Å². The van der Waals surface area contributed by atoms with Crippen molar-refractivity contribution < 1.29 is 88.5 Å². The molecule has 0 aliphatic carbocycles. The molecule has 19 heavy (non-hydrogen) atoms. The van der Waals surface area contributed by atoms with Crippen molar-refractivity contribution in [3.8, 4) is 0 Å². The maximum atomic E-state index is 8.25. The molecule has 0 spiro atoms. The fourth-order valence-electron chi connectivity index (χ4n) is 0. The molecular formula is H12N3O15Sm. The Morgan fingerprint density at radius 1 is 0.421 bits per heavy atom. The minimum Gasteiger partial charge on any atom is -0.412 e. The summed E-state index contributed by atoms with van der Waals surface area (Å²) in [5, 5.41) is 44.2. The standard InChI is InChI=1S/3NO3.6H2O.Sm/c3*2-1(3)4;;;;;;;/h;;;6*1H2;/q3*-1;;;;;;;+3. The Morgan fingerprint density at radius 2 is 0.421 bits per heavy atom. The summed E-state index contributed by atoms with van der Waals surface area (Å²) in [6.45, 7) is 0. The van der Waals surface area contributed by atoms with E-state index < -0.39 is 15.3 Å². The number of hydrogen-bond acceptors (Lipinski definition) is 9. The zero-order chi connectivity index (χ0) is 10.7. The number of rotatable bonds is 0. The molecule has 12 N–H and O–H groups in total. The topological polar surface area (TPSA) is 388 Å². The van der Waals surface area contributed by atoms with Crippen LogP contribution >= 0.6 is 0 Å². The first-order valence-corrected chi connectivity index (χ1v) is 1.64. The molecular weight excluding hydrogens is 432 g/mol. The molecule has 0 rings (SSSR count). The van der Waals surface area contributed by atoms with Crippen molar-refractivity contribution in [2.45, 2.75) is 0 Å². The van der Waals surface area contributed by atoms with Crippen molar-refractivity contribution in [1.29, 1.82) is 0 Å². The minimum atomic E-state index is -1.75. The SMILES string of the molecule is O.O.O.O.O.O.O=[N+]([O-])[O-].O=[N+]([O-])[O-].O=[N+]([O-])[O-].[Sm+3]. The van der Waals surface area contributed by atoms with E-state index in [9.17, 15) is 0 Å². The van der Waals surface area contributed by atoms with E-state index in [1.54, 1.807) is 0 Å². The van der Waals surface area contributed by atoms with Gasteiger partial charge in [-0.15, -0.1) is 0 Å². The molecule has 0 aromatic heterocycles. The third kappa shape index (κ3) is 2130. The van der Waals surface area contributed by atoms with Gasteiger partial charge in [0.1, 0.15) is 0 Å². The van der Waals surface area contributed by atoms with Crippen molar-refractivity contribution in [3.05, 3.63) is 46.0 Å². The summed E-state index contributed by atoms with van der Waals surface area (Å²) in [6, 6.07) is 0. The molecule has 0 amide bonds. The van der Waals surface area contributed by atoms with Gasteiger partial charge in [-0.05, 0) is 0 Å². The Kier molecular flexibility index (Phi) is 304. The largest absolute Gasteiger partial charge is 3.00 e. The first kappa shape index (κ1) is 83.3. The molecule has 0 aromatic carbocycles. The van der Waals surface area contributed by atoms with E-state index in [4.69, 9.17) is 46.0 Å². The molecule has 1 radical (unpaired) electrons. The fourth-order valence-corrected chi connectivity index (χ4v) is 0. The smallest absolute Gasteiger partial charge is 0.412 e. The van der Waals surface area contributed by atoms with Gasteiger partial charge >= 0.3 is 40.4 Å². The van der Waals surface area contributed by atoms with Crippen LogP contribution in [0.1, 0.15) is 0 Å². The van der Waals surface area contributed by atoms with Crippen LogP contribution in [-0.2, 0) is 0 Å². The Balaban J connectivity index is -0.00000000675. The monoisotopic (exact) mass is 446 g/mol. The molecule has 0 fully saturated rings. The Bertz CT molecular complexity index is 115. The van der Waals surface area contributed by atoms with Crippen LogP contribution < -0.4 is 0 Å². The van der Waals surface area contributed by atoms with E-state index in [0.29, 0.717) is 0 Å². The molecule has 0 aliphatic heterocycles. The van der Waals surface area contributed by atoms with Gasteiger partial charge in [-0.3, -0.25) is 0 Å². The molecule has 18 nitrogen and oxygen atoms in total. The van der Waals surface area contributed by atoms with E-state index in [1.807, 2.05) is 0 Å². The van der Waals surface area contributed by atoms with Crippen molar-refractivity contribution in [3.63, 3.8) is 0 Å². The first-order valence-electron chi connectivity index (χ1n) is 1.64. The average Bonchev–Trinajstić information content (AvgIpc) is 1.54. The summed E-state index contributed by atoms with van der Waals surface area (Å²) >= 11 is 0. The number of nitrogens with zero attached hydrogens (tertiary/aromatic N) is 3. The first-order chi connectivity index (χ1) is 5.20. The van der Waals surface area contributed by atoms with E-state index in [-0.39, 0.29) is 73.2 Å². The zero-order valence-electron chi connectivity index (χ0n) is 8.42. The van der Waals surface area contributed by atoms with Gasteiger partial charge in [0, 0.05) is 0 Å². The van der Waals surface area contributed by atoms with Crippen LogP contribution in [0.15, 0.2) is 0 Å². The maximum Gasteiger partial charge on any atom is 3.00 e. The molecule has 0 aromatic rings. The summed E-state index contributed by atoms with van der Waals surface area (Å²) in [4.78, 5) is 24.8. The summed E-state index contributed by atoms with van der Waals surface area (Å²) in [5.74, 6) is 0. The predicted molar refractivity (Wildman–Crippen MR) is 52.8 cm³/mol. The van der Waals surface area contributed by atoms with Crippen molar-refractivity contribution in [2.75, 3.05) is 0 Å². The van der Waals surface area contributed by atoms with Gasteiger partial charge in [0.05, 0.1) is 15.3 Å². The minimum absolute atomic E-state index is 0. The van der Waals surface area contributed by atoms with Gasteiger partial charge in [0.25, 0.3) is 0 Å². The molecule has 0 saturated carbocycles. The molecule has 123 valence electrons. The molecule has 0 aliphatic rings. The number of hydrogen-bond donors (Lipinski definition) is 0. The van der Waals surface area contributed by atoms with E-state index in [1.165, 1.54) is 0 Å². The summed E-state index contributed by atoms with van der Waals surface area (Å²) in [7, 11) is 0. The normalized spacial score (nSPS) is 3.79. The van der Waals surface area contributed by atoms with Crippen LogP contribution in [0.2, 0.25) is 0 Å². The third-order valence-corrected chi connectivity index (χ3v) is 0. The zero-order valence-corrected chi connectivity index (χ0v) is 11.0. The van der Waals surface area contributed by atoms with Crippen LogP contribution in [0.5, 0.6) is 0 Å². The summed E-state index contributed by atoms with van der Waals surface area (Å²) in [6.07, 6.45) is 0. The second-order valence-electron chi connectivity index (χ2n) is 0.671. The van der Waals surface area contributed by atoms with Gasteiger partial charge in [0.15, 0.2) is 0 Å². The van der Waals surface area contributed by atoms with Crippen LogP contribution in [0.25, 0.3) is 0 Å². The van der Waals surface area contributed by atoms with Crippen LogP contribution in [-0.4, -0.2) is 48.1 Å². The van der Waals surface area contributed by atoms with E-state index in [0.717, 1.165) is 0 Å². The van der Waals surface area contributed by atoms with Crippen LogP contribution in [0, 0.1) is 86.4 Å². The molecule has 19 heteroatoms. The molecule has 0 atom stereocenters. The Morgan fingerprint density at radius 3 is 0.421 bits per heavy atom. The van der Waals surface area contributed by atoms with Gasteiger partial charge in [0.2, 0.25) is 0 Å². The van der Waals surface area contributed by atoms with Crippen molar-refractivity contribution in [2.24, 2.45) is 0 Å². The fraction of sp³-hybridized carbons (Fsp3) is 0. The van der Waals surface area contributed by atoms with Gasteiger partial charge < -0.3 is 78.8 Å². The van der Waals surface area contributed by atoms with Gasteiger partial charge in [-0.2, -0.15) is 0 Å². The summed E-state index contributed by atoms with van der Waals surface area (Å²) in [5.41, 5.74) is 0. The molecule has 0 heterocycles. The Hall–Kier alpha value is -1.30. The van der Waals surface area contributed by atoms with E-state index >= 15 is 0 Å². The predicted octanol–water partition coefficient (Wildman–Crippen LogP) is -5.67. The third-order valence-electron chi connectivity index (χ3n) is 0. The summed E-state index contributed by atoms with van der Waals surface area (Å²) < 4.78 is 0. The van der Waals surface area contributed by atoms with E-state index in [2.05, 4.69) is 0 Å². The molecule has 0 unspecified atom stereocenters. The molecule has 0 bridgehead atoms. The van der Waals surface area contributed by atoms with Gasteiger partial charge in [-0.1, -0.05) is 0 Å². The van der Waals surface area contributed by atoms with Gasteiger partial charge in [-0.25, -0.2) is 0 Å². The van der Waals surface area contributed by atoms with Crippen molar-refractivity contribution in [1.82, 2.24) is 0 Å². The quantitative estimate of drug-likeness (QED) is 0.253.